The summed E-state index contributed by atoms with van der Waals surface area (Å²) < 4.78 is 5.00. The molecule has 0 heterocycles. The van der Waals surface area contributed by atoms with Crippen molar-refractivity contribution >= 4 is 17.8 Å². The summed E-state index contributed by atoms with van der Waals surface area (Å²) in [6, 6.07) is 19.3. The van der Waals surface area contributed by atoms with Gasteiger partial charge in [-0.3, -0.25) is 14.4 Å². The highest BCUT2D eigenvalue weighted by Gasteiger charge is 2.17. The quantitative estimate of drug-likeness (QED) is 0.557. The number of amides is 2. The number of ether oxygens (including phenoxy) is 1. The van der Waals surface area contributed by atoms with Gasteiger partial charge in [0.2, 0.25) is 5.91 Å². The monoisotopic (exact) mass is 410 g/mol. The van der Waals surface area contributed by atoms with Gasteiger partial charge in [0.25, 0.3) is 5.91 Å². The van der Waals surface area contributed by atoms with Crippen molar-refractivity contribution in [3.63, 3.8) is 0 Å². The van der Waals surface area contributed by atoms with E-state index in [1.807, 2.05) is 74.5 Å². The second kappa shape index (κ2) is 12.4. The minimum Gasteiger partial charge on any atom is -0.454 e. The van der Waals surface area contributed by atoms with Gasteiger partial charge in [-0.1, -0.05) is 74.5 Å². The van der Waals surface area contributed by atoms with Crippen LogP contribution in [0.25, 0.3) is 0 Å². The first kappa shape index (κ1) is 23.1. The Hall–Kier alpha value is -3.15. The van der Waals surface area contributed by atoms with Gasteiger partial charge in [-0.15, -0.1) is 0 Å². The molecule has 1 unspecified atom stereocenters. The molecular weight excluding hydrogens is 380 g/mol. The molecule has 2 amide bonds. The maximum atomic E-state index is 12.4. The molecule has 2 rings (SSSR count). The Morgan fingerprint density at radius 2 is 1.53 bits per heavy atom. The Labute approximate surface area is 178 Å². The zero-order valence-corrected chi connectivity index (χ0v) is 17.6. The predicted molar refractivity (Wildman–Crippen MR) is 116 cm³/mol. The molecule has 2 aromatic rings. The molecule has 2 N–H and O–H groups in total. The van der Waals surface area contributed by atoms with E-state index in [4.69, 9.17) is 4.74 Å². The Kier molecular flexibility index (Phi) is 9.58. The third-order valence-electron chi connectivity index (χ3n) is 4.56. The lowest BCUT2D eigenvalue weighted by atomic mass is 9.99. The van der Waals surface area contributed by atoms with Crippen molar-refractivity contribution in [1.82, 2.24) is 10.6 Å². The zero-order chi connectivity index (χ0) is 21.8. The molecule has 0 fully saturated rings. The molecule has 6 heteroatoms. The fourth-order valence-electron chi connectivity index (χ4n) is 2.90. The van der Waals surface area contributed by atoms with Crippen LogP contribution in [-0.2, 0) is 25.5 Å². The lowest BCUT2D eigenvalue weighted by Crippen LogP contribution is -2.36. The van der Waals surface area contributed by atoms with Gasteiger partial charge in [-0.2, -0.15) is 0 Å². The van der Waals surface area contributed by atoms with Crippen LogP contribution in [0.1, 0.15) is 43.9 Å². The van der Waals surface area contributed by atoms with E-state index in [0.717, 1.165) is 17.5 Å². The van der Waals surface area contributed by atoms with Gasteiger partial charge >= 0.3 is 5.97 Å². The molecule has 6 nitrogen and oxygen atoms in total. The standard InChI is InChI=1S/C24H30N2O4/c1-18(2)13-14-22(27)25-16-24(29)30-17-23(28)26-21(20-11-7-4-8-12-20)15-19-9-5-3-6-10-19/h3-12,18,21H,13-17H2,1-2H3,(H,25,27)(H,26,28). The Morgan fingerprint density at radius 1 is 0.900 bits per heavy atom. The molecule has 0 bridgehead atoms. The fourth-order valence-corrected chi connectivity index (χ4v) is 2.90. The topological polar surface area (TPSA) is 84.5 Å². The molecule has 0 radical (unpaired) electrons. The first-order valence-electron chi connectivity index (χ1n) is 10.2. The van der Waals surface area contributed by atoms with E-state index in [0.29, 0.717) is 18.8 Å². The molecule has 0 aliphatic carbocycles. The maximum Gasteiger partial charge on any atom is 0.325 e. The van der Waals surface area contributed by atoms with E-state index < -0.39 is 12.6 Å². The Bertz CT molecular complexity index is 806. The second-order valence-electron chi connectivity index (χ2n) is 7.59. The van der Waals surface area contributed by atoms with E-state index in [1.54, 1.807) is 0 Å². The van der Waals surface area contributed by atoms with Crippen LogP contribution in [0.15, 0.2) is 60.7 Å². The number of esters is 1. The number of rotatable bonds is 11. The minimum absolute atomic E-state index is 0.197. The highest BCUT2D eigenvalue weighted by Crippen LogP contribution is 2.18. The SMILES string of the molecule is CC(C)CCC(=O)NCC(=O)OCC(=O)NC(Cc1ccccc1)c1ccccc1. The summed E-state index contributed by atoms with van der Waals surface area (Å²) in [6.45, 7) is 3.43. The summed E-state index contributed by atoms with van der Waals surface area (Å²) >= 11 is 0. The van der Waals surface area contributed by atoms with Crippen LogP contribution >= 0.6 is 0 Å². The van der Waals surface area contributed by atoms with Gasteiger partial charge in [0, 0.05) is 6.42 Å². The number of carbonyl (C=O) groups excluding carboxylic acids is 3. The average molecular weight is 411 g/mol. The molecule has 160 valence electrons. The minimum atomic E-state index is -0.637. The second-order valence-corrected chi connectivity index (χ2v) is 7.59. The van der Waals surface area contributed by atoms with Crippen LogP contribution in [-0.4, -0.2) is 30.9 Å². The van der Waals surface area contributed by atoms with E-state index in [1.165, 1.54) is 0 Å². The highest BCUT2D eigenvalue weighted by molar-refractivity contribution is 5.84. The third-order valence-corrected chi connectivity index (χ3v) is 4.56. The van der Waals surface area contributed by atoms with Crippen LogP contribution in [0, 0.1) is 5.92 Å². The third kappa shape index (κ3) is 8.90. The highest BCUT2D eigenvalue weighted by atomic mass is 16.5. The van der Waals surface area contributed by atoms with Gasteiger partial charge in [0.05, 0.1) is 6.04 Å². The predicted octanol–water partition coefficient (Wildman–Crippen LogP) is 3.18. The summed E-state index contributed by atoms with van der Waals surface area (Å²) in [6.07, 6.45) is 1.74. The van der Waals surface area contributed by atoms with Gasteiger partial charge in [0.1, 0.15) is 6.54 Å². The van der Waals surface area contributed by atoms with Crippen LogP contribution < -0.4 is 10.6 Å². The van der Waals surface area contributed by atoms with E-state index in [-0.39, 0.29) is 24.4 Å². The van der Waals surface area contributed by atoms with Crippen molar-refractivity contribution in [1.29, 1.82) is 0 Å². The van der Waals surface area contributed by atoms with Crippen molar-refractivity contribution in [2.45, 2.75) is 39.2 Å². The van der Waals surface area contributed by atoms with E-state index >= 15 is 0 Å². The summed E-state index contributed by atoms with van der Waals surface area (Å²) in [4.78, 5) is 35.8. The molecule has 2 aromatic carbocycles. The van der Waals surface area contributed by atoms with Crippen molar-refractivity contribution in [3.05, 3.63) is 71.8 Å². The number of hydrogen-bond acceptors (Lipinski definition) is 4. The largest absolute Gasteiger partial charge is 0.454 e. The van der Waals surface area contributed by atoms with Crippen molar-refractivity contribution in [3.8, 4) is 0 Å². The molecule has 0 saturated carbocycles. The fraction of sp³-hybridized carbons (Fsp3) is 0.375. The molecule has 0 saturated heterocycles. The van der Waals surface area contributed by atoms with Crippen LogP contribution in [0.3, 0.4) is 0 Å². The van der Waals surface area contributed by atoms with Crippen LogP contribution in [0.5, 0.6) is 0 Å². The first-order valence-corrected chi connectivity index (χ1v) is 10.2. The molecular formula is C24H30N2O4. The summed E-state index contributed by atoms with van der Waals surface area (Å²) in [5.74, 6) is -0.807. The van der Waals surface area contributed by atoms with E-state index in [9.17, 15) is 14.4 Å². The van der Waals surface area contributed by atoms with Gasteiger partial charge < -0.3 is 15.4 Å². The average Bonchev–Trinajstić information content (AvgIpc) is 2.75. The van der Waals surface area contributed by atoms with Gasteiger partial charge in [-0.05, 0) is 29.9 Å². The van der Waals surface area contributed by atoms with Crippen molar-refractivity contribution in [2.24, 2.45) is 5.92 Å². The van der Waals surface area contributed by atoms with Gasteiger partial charge in [-0.25, -0.2) is 0 Å². The molecule has 0 aliphatic rings. The number of nitrogens with one attached hydrogen (secondary N) is 2. The molecule has 0 spiro atoms. The molecule has 0 aliphatic heterocycles. The van der Waals surface area contributed by atoms with Crippen molar-refractivity contribution in [2.75, 3.05) is 13.2 Å². The summed E-state index contributed by atoms with van der Waals surface area (Å²) in [7, 11) is 0. The maximum absolute atomic E-state index is 12.4. The van der Waals surface area contributed by atoms with Crippen LogP contribution in [0.4, 0.5) is 0 Å². The van der Waals surface area contributed by atoms with Gasteiger partial charge in [0.15, 0.2) is 6.61 Å². The summed E-state index contributed by atoms with van der Waals surface area (Å²) in [5, 5.41) is 5.45. The smallest absolute Gasteiger partial charge is 0.325 e. The molecule has 0 aromatic heterocycles. The Morgan fingerprint density at radius 3 is 2.17 bits per heavy atom. The Balaban J connectivity index is 1.82. The lowest BCUT2D eigenvalue weighted by molar-refractivity contribution is -0.148. The lowest BCUT2D eigenvalue weighted by Gasteiger charge is -2.19. The zero-order valence-electron chi connectivity index (χ0n) is 17.6. The summed E-state index contributed by atoms with van der Waals surface area (Å²) in [5.41, 5.74) is 2.06. The molecule has 30 heavy (non-hydrogen) atoms. The normalized spacial score (nSPS) is 11.6. The molecule has 1 atom stereocenters. The number of benzene rings is 2. The van der Waals surface area contributed by atoms with E-state index in [2.05, 4.69) is 10.6 Å². The van der Waals surface area contributed by atoms with Crippen molar-refractivity contribution < 1.29 is 19.1 Å². The number of carbonyl (C=O) groups is 3. The van der Waals surface area contributed by atoms with Crippen LogP contribution in [0.2, 0.25) is 0 Å². The first-order chi connectivity index (χ1) is 14.4. The number of hydrogen-bond donors (Lipinski definition) is 2.